The average Bonchev–Trinajstić information content (AvgIpc) is 3.52. The highest BCUT2D eigenvalue weighted by atomic mass is 16.5. The first-order chi connectivity index (χ1) is 25.8. The Bertz CT molecular complexity index is 812. The van der Waals surface area contributed by atoms with Gasteiger partial charge in [-0.25, -0.2) is 0 Å². The number of likely N-dealkylation sites (tertiary alicyclic amines) is 1. The molecule has 0 aromatic carbocycles. The molecule has 1 aliphatic carbocycles. The van der Waals surface area contributed by atoms with Crippen LogP contribution in [0.4, 0.5) is 0 Å². The summed E-state index contributed by atoms with van der Waals surface area (Å²) in [5.41, 5.74) is 0. The third-order valence-electron chi connectivity index (χ3n) is 8.32. The Morgan fingerprint density at radius 3 is 1.38 bits per heavy atom. The van der Waals surface area contributed by atoms with Crippen molar-refractivity contribution in [2.24, 2.45) is 59.2 Å². The zero-order valence-corrected chi connectivity index (χ0v) is 42.0. The molecule has 9 nitrogen and oxygen atoms in total. The summed E-state index contributed by atoms with van der Waals surface area (Å²) in [4.78, 5) is 29.1. The van der Waals surface area contributed by atoms with E-state index in [2.05, 4.69) is 111 Å². The van der Waals surface area contributed by atoms with Crippen LogP contribution in [0.5, 0.6) is 0 Å². The topological polar surface area (TPSA) is 80.8 Å². The van der Waals surface area contributed by atoms with Crippen molar-refractivity contribution in [1.82, 2.24) is 14.7 Å². The van der Waals surface area contributed by atoms with Crippen LogP contribution in [0.3, 0.4) is 0 Å². The van der Waals surface area contributed by atoms with Crippen molar-refractivity contribution >= 4 is 11.9 Å². The van der Waals surface area contributed by atoms with Crippen LogP contribution in [0.2, 0.25) is 0 Å². The fraction of sp³-hybridized carbons (Fsp3) is 0.957. The first-order valence-electron chi connectivity index (χ1n) is 21.9. The van der Waals surface area contributed by atoms with Gasteiger partial charge in [0.15, 0.2) is 0 Å². The monoisotopic (exact) mass is 806 g/mol. The van der Waals surface area contributed by atoms with Crippen LogP contribution in [-0.4, -0.2) is 129 Å². The second-order valence-electron chi connectivity index (χ2n) is 19.3. The lowest BCUT2D eigenvalue weighted by atomic mass is 9.83. The van der Waals surface area contributed by atoms with Gasteiger partial charge in [-0.3, -0.25) is 9.59 Å². The molecule has 0 aromatic heterocycles. The van der Waals surface area contributed by atoms with E-state index in [9.17, 15) is 9.59 Å². The highest BCUT2D eigenvalue weighted by Gasteiger charge is 2.27. The van der Waals surface area contributed by atoms with E-state index in [1.165, 1.54) is 45.9 Å². The smallest absolute Gasteiger partial charge is 0.325 e. The van der Waals surface area contributed by atoms with Crippen molar-refractivity contribution in [2.75, 3.05) is 103 Å². The lowest BCUT2D eigenvalue weighted by Crippen LogP contribution is -2.41. The van der Waals surface area contributed by atoms with E-state index < -0.39 is 0 Å². The van der Waals surface area contributed by atoms with Crippen LogP contribution in [0, 0.1) is 59.2 Å². The van der Waals surface area contributed by atoms with Gasteiger partial charge in [-0.15, -0.1) is 0 Å². The van der Waals surface area contributed by atoms with Gasteiger partial charge in [0, 0.05) is 67.6 Å². The molecule has 0 N–H and O–H groups in total. The molecule has 2 rings (SSSR count). The molecule has 0 radical (unpaired) electrons. The van der Waals surface area contributed by atoms with E-state index in [0.29, 0.717) is 18.9 Å². The molecule has 1 amide bonds. The molecule has 9 heteroatoms. The molecule has 1 saturated carbocycles. The minimum absolute atomic E-state index is 0.00671. The largest absolute Gasteiger partial charge is 0.468 e. The summed E-state index contributed by atoms with van der Waals surface area (Å²) < 4.78 is 19.2. The predicted molar refractivity (Wildman–Crippen MR) is 244 cm³/mol. The number of amides is 1. The van der Waals surface area contributed by atoms with Gasteiger partial charge < -0.3 is 33.6 Å². The molecule has 342 valence electrons. The van der Waals surface area contributed by atoms with Gasteiger partial charge in [0.2, 0.25) is 5.91 Å². The van der Waals surface area contributed by atoms with Crippen molar-refractivity contribution in [2.45, 2.75) is 136 Å². The first-order valence-corrected chi connectivity index (χ1v) is 21.9. The number of likely N-dealkylation sites (N-methyl/N-ethyl adjacent to an activating group) is 1. The van der Waals surface area contributed by atoms with E-state index >= 15 is 0 Å². The van der Waals surface area contributed by atoms with Crippen LogP contribution < -0.4 is 0 Å². The third kappa shape index (κ3) is 50.8. The van der Waals surface area contributed by atoms with Crippen molar-refractivity contribution < 1.29 is 28.5 Å². The fourth-order valence-corrected chi connectivity index (χ4v) is 5.75. The number of esters is 1. The van der Waals surface area contributed by atoms with Crippen LogP contribution in [-0.2, 0) is 28.5 Å². The fourth-order valence-electron chi connectivity index (χ4n) is 5.75. The number of ether oxygens (including phenoxy) is 4. The van der Waals surface area contributed by atoms with Crippen LogP contribution >= 0.6 is 0 Å². The normalized spacial score (nSPS) is 19.0. The summed E-state index contributed by atoms with van der Waals surface area (Å²) in [5, 5.41) is 0. The minimum Gasteiger partial charge on any atom is -0.468 e. The molecule has 0 aromatic rings. The standard InChI is InChI=1S/C12H24N2O3.C11H23NO.C10H20O.3C4H10.C2H6O/c1-10(2)8-11(15)14(7-6-13(3)4)9-12(16)17-5;1-9(2)11-5-10(8-13-4)6-12(3)7-11;1-8(2)10-5-4-9(6-10)7-11-3;3*1-4(2)3;1-3-2/h10H,6-9H2,1-5H3;9-11H,5-8H2,1-4H3;8-10H,4-7H2,1-3H3;3*4H,1-3H3;1-2H3. The molecular formula is C47H103N3O6. The van der Waals surface area contributed by atoms with E-state index in [1.807, 2.05) is 40.0 Å². The third-order valence-corrected chi connectivity index (χ3v) is 8.32. The van der Waals surface area contributed by atoms with Gasteiger partial charge in [0.25, 0.3) is 0 Å². The number of methoxy groups -OCH3 is 4. The highest BCUT2D eigenvalue weighted by molar-refractivity contribution is 5.82. The number of nitrogens with zero attached hydrogens (tertiary/aromatic N) is 3. The molecule has 1 saturated heterocycles. The molecular weight excluding hydrogens is 703 g/mol. The molecule has 2 fully saturated rings. The van der Waals surface area contributed by atoms with E-state index in [-0.39, 0.29) is 18.4 Å². The van der Waals surface area contributed by atoms with Crippen LogP contribution in [0.15, 0.2) is 0 Å². The van der Waals surface area contributed by atoms with Crippen molar-refractivity contribution in [3.63, 3.8) is 0 Å². The molecule has 0 spiro atoms. The zero-order chi connectivity index (χ0) is 45.0. The van der Waals surface area contributed by atoms with Gasteiger partial charge in [-0.2, -0.15) is 0 Å². The Morgan fingerprint density at radius 1 is 0.625 bits per heavy atom. The van der Waals surface area contributed by atoms with Gasteiger partial charge in [0.1, 0.15) is 6.54 Å². The van der Waals surface area contributed by atoms with Crippen LogP contribution in [0.25, 0.3) is 0 Å². The molecule has 1 aliphatic heterocycles. The molecule has 0 bridgehead atoms. The predicted octanol–water partition coefficient (Wildman–Crippen LogP) is 10.4. The zero-order valence-electron chi connectivity index (χ0n) is 42.0. The minimum atomic E-state index is -0.374. The lowest BCUT2D eigenvalue weighted by Gasteiger charge is -2.37. The summed E-state index contributed by atoms with van der Waals surface area (Å²) in [5.74, 6) is 7.53. The Morgan fingerprint density at radius 2 is 1.04 bits per heavy atom. The Hall–Kier alpha value is -1.26. The summed E-state index contributed by atoms with van der Waals surface area (Å²) >= 11 is 0. The number of carbonyl (C=O) groups is 2. The summed E-state index contributed by atoms with van der Waals surface area (Å²) in [7, 11) is 14.3. The number of hydrogen-bond donors (Lipinski definition) is 0. The van der Waals surface area contributed by atoms with Gasteiger partial charge in [-0.1, -0.05) is 104 Å². The maximum atomic E-state index is 11.9. The second-order valence-corrected chi connectivity index (χ2v) is 19.3. The van der Waals surface area contributed by atoms with Gasteiger partial charge >= 0.3 is 5.97 Å². The maximum absolute atomic E-state index is 11.9. The van der Waals surface area contributed by atoms with Crippen molar-refractivity contribution in [1.29, 1.82) is 0 Å². The van der Waals surface area contributed by atoms with E-state index in [0.717, 1.165) is 73.0 Å². The average molecular weight is 806 g/mol. The Balaban J connectivity index is -0.000000199. The quantitative estimate of drug-likeness (QED) is 0.170. The first kappa shape index (κ1) is 63.9. The summed E-state index contributed by atoms with van der Waals surface area (Å²) in [6.45, 7) is 38.5. The van der Waals surface area contributed by atoms with E-state index in [1.54, 1.807) is 26.2 Å². The lowest BCUT2D eigenvalue weighted by molar-refractivity contribution is -0.147. The Kier molecular flexibility index (Phi) is 47.8. The van der Waals surface area contributed by atoms with Crippen LogP contribution in [0.1, 0.15) is 136 Å². The molecule has 1 heterocycles. The number of rotatable bonds is 13. The number of hydrogen-bond acceptors (Lipinski definition) is 8. The van der Waals surface area contributed by atoms with Crippen molar-refractivity contribution in [3.05, 3.63) is 0 Å². The molecule has 2 aliphatic rings. The van der Waals surface area contributed by atoms with Gasteiger partial charge in [0.05, 0.1) is 13.7 Å². The number of piperidine rings is 1. The van der Waals surface area contributed by atoms with Gasteiger partial charge in [-0.05, 0) is 106 Å². The van der Waals surface area contributed by atoms with E-state index in [4.69, 9.17) is 9.47 Å². The summed E-state index contributed by atoms with van der Waals surface area (Å²) in [6.07, 6.45) is 6.01. The number of carbonyl (C=O) groups excluding carboxylic acids is 2. The molecule has 4 unspecified atom stereocenters. The maximum Gasteiger partial charge on any atom is 0.325 e. The SMILES string of the molecule is CC(C)C.CC(C)C.CC(C)C.COC.COC(=O)CN(CCN(C)C)C(=O)CC(C)C.COCC1CC(C(C)C)CN(C)C1.COCC1CCC(C(C)C)C1. The second kappa shape index (κ2) is 41.9. The molecule has 56 heavy (non-hydrogen) atoms. The molecule has 4 atom stereocenters. The van der Waals surface area contributed by atoms with Crippen molar-refractivity contribution in [3.8, 4) is 0 Å². The summed E-state index contributed by atoms with van der Waals surface area (Å²) in [6, 6.07) is 0. The highest BCUT2D eigenvalue weighted by Crippen LogP contribution is 2.35. The Labute approximate surface area is 352 Å².